The van der Waals surface area contributed by atoms with E-state index in [0.29, 0.717) is 24.7 Å². The fourth-order valence-corrected chi connectivity index (χ4v) is 6.98. The maximum absolute atomic E-state index is 15.4. The van der Waals surface area contributed by atoms with Crippen LogP contribution in [0.2, 0.25) is 0 Å². The van der Waals surface area contributed by atoms with Gasteiger partial charge in [-0.25, -0.2) is 12.8 Å². The molecule has 3 atom stereocenters. The lowest BCUT2D eigenvalue weighted by Gasteiger charge is -2.24. The summed E-state index contributed by atoms with van der Waals surface area (Å²) >= 11 is 0. The molecule has 1 amide bonds. The van der Waals surface area contributed by atoms with Crippen molar-refractivity contribution in [1.82, 2.24) is 10.2 Å². The van der Waals surface area contributed by atoms with E-state index in [0.717, 1.165) is 36.5 Å². The van der Waals surface area contributed by atoms with E-state index in [1.165, 1.54) is 18.1 Å². The first kappa shape index (κ1) is 27.9. The molecule has 1 aliphatic carbocycles. The molecule has 1 saturated carbocycles. The third kappa shape index (κ3) is 5.64. The minimum Gasteiger partial charge on any atom is -0.469 e. The lowest BCUT2D eigenvalue weighted by Crippen LogP contribution is -2.45. The van der Waals surface area contributed by atoms with Crippen molar-refractivity contribution in [3.63, 3.8) is 0 Å². The number of methoxy groups -OCH3 is 1. The number of ether oxygens (including phenoxy) is 1. The summed E-state index contributed by atoms with van der Waals surface area (Å²) in [6, 6.07) is 8.30. The molecule has 0 bridgehead atoms. The summed E-state index contributed by atoms with van der Waals surface area (Å²) < 4.78 is 52.2. The van der Waals surface area contributed by atoms with Crippen LogP contribution in [0.3, 0.4) is 0 Å². The molecule has 2 heterocycles. The van der Waals surface area contributed by atoms with Gasteiger partial charge in [0, 0.05) is 12.3 Å². The molecule has 12 heteroatoms. The van der Waals surface area contributed by atoms with Crippen molar-refractivity contribution in [1.29, 1.82) is 0 Å². The van der Waals surface area contributed by atoms with Crippen LogP contribution in [0.15, 0.2) is 45.7 Å². The molecule has 2 aromatic carbocycles. The van der Waals surface area contributed by atoms with E-state index >= 15 is 4.39 Å². The summed E-state index contributed by atoms with van der Waals surface area (Å²) in [6.07, 6.45) is 3.47. The molecule has 2 unspecified atom stereocenters. The second-order valence-electron chi connectivity index (χ2n) is 10.5. The number of hydrogen-bond donors (Lipinski definition) is 1. The molecule has 40 heavy (non-hydrogen) atoms. The Morgan fingerprint density at radius 3 is 2.67 bits per heavy atom. The highest BCUT2D eigenvalue weighted by Gasteiger charge is 2.38. The van der Waals surface area contributed by atoms with Crippen LogP contribution >= 0.6 is 0 Å². The van der Waals surface area contributed by atoms with E-state index in [2.05, 4.69) is 10.2 Å². The molecule has 0 spiro atoms. The molecule has 5 rings (SSSR count). The zero-order chi connectivity index (χ0) is 28.6. The number of amides is 1. The quantitative estimate of drug-likeness (QED) is 0.421. The van der Waals surface area contributed by atoms with Crippen LogP contribution in [0.25, 0.3) is 11.5 Å². The maximum atomic E-state index is 15.4. The van der Waals surface area contributed by atoms with Crippen LogP contribution < -0.4 is 10.6 Å². The predicted octanol–water partition coefficient (Wildman–Crippen LogP) is 3.67. The highest BCUT2D eigenvalue weighted by molar-refractivity contribution is 7.91. The minimum atomic E-state index is -4.07. The average molecular weight is 571 g/mol. The molecular formula is C28H31FN4O6S. The van der Waals surface area contributed by atoms with Crippen molar-refractivity contribution in [3.8, 4) is 11.5 Å². The summed E-state index contributed by atoms with van der Waals surface area (Å²) in [4.78, 5) is 25.7. The van der Waals surface area contributed by atoms with E-state index in [-0.39, 0.29) is 40.5 Å². The number of anilines is 1. The Hall–Kier alpha value is -3.64. The van der Waals surface area contributed by atoms with Gasteiger partial charge in [0.15, 0.2) is 9.84 Å². The Bertz CT molecular complexity index is 1540. The molecule has 0 saturated heterocycles. The van der Waals surface area contributed by atoms with E-state index in [4.69, 9.17) is 14.9 Å². The lowest BCUT2D eigenvalue weighted by molar-refractivity contribution is -0.141. The summed E-state index contributed by atoms with van der Waals surface area (Å²) in [7, 11) is -2.70. The number of fused-ring (bicyclic) bond motifs is 1. The highest BCUT2D eigenvalue weighted by atomic mass is 32.2. The number of aryl methyl sites for hydroxylation is 1. The van der Waals surface area contributed by atoms with Crippen LogP contribution in [0.1, 0.15) is 55.0 Å². The van der Waals surface area contributed by atoms with Crippen molar-refractivity contribution in [2.45, 2.75) is 62.4 Å². The number of nitrogens with zero attached hydrogens (tertiary/aromatic N) is 3. The zero-order valence-electron chi connectivity index (χ0n) is 22.3. The van der Waals surface area contributed by atoms with Crippen molar-refractivity contribution >= 4 is 27.4 Å². The van der Waals surface area contributed by atoms with Gasteiger partial charge < -0.3 is 19.8 Å². The number of nitrogens with two attached hydrogens (primary N) is 1. The third-order valence-corrected chi connectivity index (χ3v) is 9.46. The summed E-state index contributed by atoms with van der Waals surface area (Å²) in [6.45, 7) is 1.98. The van der Waals surface area contributed by atoms with Gasteiger partial charge in [-0.15, -0.1) is 10.2 Å². The van der Waals surface area contributed by atoms with Gasteiger partial charge in [0.2, 0.25) is 11.8 Å². The van der Waals surface area contributed by atoms with Gasteiger partial charge in [0.1, 0.15) is 5.82 Å². The minimum absolute atomic E-state index is 0.0124. The van der Waals surface area contributed by atoms with Crippen LogP contribution in [0.4, 0.5) is 10.1 Å². The molecule has 1 aliphatic heterocycles. The van der Waals surface area contributed by atoms with Crippen molar-refractivity contribution in [2.24, 2.45) is 11.7 Å². The third-order valence-electron chi connectivity index (χ3n) is 7.66. The molecule has 1 fully saturated rings. The lowest BCUT2D eigenvalue weighted by atomic mass is 10.00. The highest BCUT2D eigenvalue weighted by Crippen LogP contribution is 2.42. The number of aromatic nitrogens is 2. The normalized spacial score (nSPS) is 22.1. The first-order valence-electron chi connectivity index (χ1n) is 13.1. The van der Waals surface area contributed by atoms with Crippen LogP contribution in [0.5, 0.6) is 0 Å². The number of carbonyl (C=O) groups excluding carboxylic acids is 2. The van der Waals surface area contributed by atoms with Gasteiger partial charge >= 0.3 is 5.97 Å². The van der Waals surface area contributed by atoms with Gasteiger partial charge in [-0.05, 0) is 56.2 Å². The smallest absolute Gasteiger partial charge is 0.305 e. The molecule has 3 aromatic rings. The van der Waals surface area contributed by atoms with Gasteiger partial charge in [-0.2, -0.15) is 0 Å². The summed E-state index contributed by atoms with van der Waals surface area (Å²) in [5, 5.41) is 8.21. The second kappa shape index (κ2) is 11.1. The Labute approximate surface area is 231 Å². The number of halogens is 1. The fourth-order valence-electron chi connectivity index (χ4n) is 5.42. The summed E-state index contributed by atoms with van der Waals surface area (Å²) in [5.41, 5.74) is 7.68. The second-order valence-corrected chi connectivity index (χ2v) is 12.5. The van der Waals surface area contributed by atoms with E-state index in [1.807, 2.05) is 31.2 Å². The Kier molecular flexibility index (Phi) is 7.74. The SMILES string of the molecule is COC(=O)CCC1CCC(c2nnc(-c3cc4c(cc3F)S(=O)(=O)C[C@H](N)C(=O)N4Cc3ccc(C)cc3)o2)C1. The Balaban J connectivity index is 1.47. The molecule has 10 nitrogen and oxygen atoms in total. The fraction of sp³-hybridized carbons (Fsp3) is 0.429. The number of benzene rings is 2. The number of carbonyl (C=O) groups is 2. The van der Waals surface area contributed by atoms with Gasteiger partial charge in [-0.3, -0.25) is 9.59 Å². The van der Waals surface area contributed by atoms with E-state index < -0.39 is 33.4 Å². The molecule has 1 aromatic heterocycles. The number of hydrogen-bond acceptors (Lipinski definition) is 9. The topological polar surface area (TPSA) is 146 Å². The first-order valence-corrected chi connectivity index (χ1v) is 14.8. The zero-order valence-corrected chi connectivity index (χ0v) is 23.1. The molecule has 0 radical (unpaired) electrons. The van der Waals surface area contributed by atoms with E-state index in [1.54, 1.807) is 0 Å². The summed E-state index contributed by atoms with van der Waals surface area (Å²) in [5.74, 6) is -1.82. The van der Waals surface area contributed by atoms with E-state index in [9.17, 15) is 18.0 Å². The predicted molar refractivity (Wildman–Crippen MR) is 143 cm³/mol. The molecule has 2 aliphatic rings. The maximum Gasteiger partial charge on any atom is 0.305 e. The first-order chi connectivity index (χ1) is 19.1. The van der Waals surface area contributed by atoms with Crippen molar-refractivity contribution in [3.05, 3.63) is 59.2 Å². The van der Waals surface area contributed by atoms with Crippen LogP contribution in [-0.2, 0) is 30.7 Å². The van der Waals surface area contributed by atoms with Gasteiger partial charge in [0.05, 0.1) is 41.6 Å². The average Bonchev–Trinajstić information content (AvgIpc) is 3.59. The number of sulfone groups is 1. The monoisotopic (exact) mass is 570 g/mol. The molecule has 212 valence electrons. The van der Waals surface area contributed by atoms with Crippen LogP contribution in [0, 0.1) is 18.7 Å². The van der Waals surface area contributed by atoms with Crippen molar-refractivity contribution in [2.75, 3.05) is 17.8 Å². The standard InChI is InChI=1S/C28H31FN4O6S/c1-16-3-5-18(6-4-16)14-33-23-12-20(21(29)13-24(23)40(36,37)15-22(30)28(33)35)27-32-31-26(39-27)19-9-7-17(11-19)8-10-25(34)38-2/h3-6,12-13,17,19,22H,7-11,14-15,30H2,1-2H3/t17?,19?,22-/m0/s1. The Morgan fingerprint density at radius 2 is 1.95 bits per heavy atom. The van der Waals surface area contributed by atoms with Crippen molar-refractivity contribution < 1.29 is 31.6 Å². The number of esters is 1. The van der Waals surface area contributed by atoms with Gasteiger partial charge in [0.25, 0.3) is 5.89 Å². The molecule has 2 N–H and O–H groups in total. The Morgan fingerprint density at radius 1 is 1.20 bits per heavy atom. The van der Waals surface area contributed by atoms with Crippen LogP contribution in [-0.4, -0.2) is 49.4 Å². The number of rotatable bonds is 7. The van der Waals surface area contributed by atoms with Gasteiger partial charge in [-0.1, -0.05) is 29.8 Å². The largest absolute Gasteiger partial charge is 0.469 e. The molecular weight excluding hydrogens is 539 g/mol.